The molecule has 0 aromatic heterocycles. The number of alkyl halides is 1. The van der Waals surface area contributed by atoms with Gasteiger partial charge in [-0.3, -0.25) is 4.79 Å². The van der Waals surface area contributed by atoms with Crippen LogP contribution in [-0.2, 0) is 9.53 Å². The molecule has 118 valence electrons. The van der Waals surface area contributed by atoms with Gasteiger partial charge in [0, 0.05) is 6.42 Å². The van der Waals surface area contributed by atoms with Gasteiger partial charge in [0.05, 0.1) is 11.6 Å². The van der Waals surface area contributed by atoms with Crippen LogP contribution in [0.3, 0.4) is 0 Å². The standard InChI is InChI=1S/C16H22ClIO3/c1-12-8-9-14(13(17)11-12)20-10-6-4-5-7-15(19)21-16(2,3)18/h8-9,11H,4-7,10H2,1-3H3. The molecule has 3 nitrogen and oxygen atoms in total. The third kappa shape index (κ3) is 8.51. The number of halogens is 2. The zero-order valence-electron chi connectivity index (χ0n) is 12.7. The highest BCUT2D eigenvalue weighted by Gasteiger charge is 2.17. The molecule has 0 bridgehead atoms. The molecule has 1 aromatic rings. The molecule has 0 spiro atoms. The molecule has 21 heavy (non-hydrogen) atoms. The predicted molar refractivity (Wildman–Crippen MR) is 94.3 cm³/mol. The van der Waals surface area contributed by atoms with Crippen molar-refractivity contribution >= 4 is 40.2 Å². The minimum atomic E-state index is -0.430. The monoisotopic (exact) mass is 424 g/mol. The number of ether oxygens (including phenoxy) is 2. The molecule has 0 heterocycles. The second kappa shape index (κ2) is 8.83. The number of unbranched alkanes of at least 4 members (excludes halogenated alkanes) is 2. The van der Waals surface area contributed by atoms with Crippen LogP contribution in [-0.4, -0.2) is 16.2 Å². The van der Waals surface area contributed by atoms with Gasteiger partial charge in [-0.1, -0.05) is 17.7 Å². The van der Waals surface area contributed by atoms with Crippen LogP contribution in [0, 0.1) is 6.92 Å². The Morgan fingerprint density at radius 2 is 2.00 bits per heavy atom. The van der Waals surface area contributed by atoms with E-state index in [1.807, 2.05) is 39.0 Å². The minimum Gasteiger partial charge on any atom is -0.492 e. The summed E-state index contributed by atoms with van der Waals surface area (Å²) in [6.45, 7) is 6.33. The fourth-order valence-electron chi connectivity index (χ4n) is 1.77. The van der Waals surface area contributed by atoms with Crippen LogP contribution in [0.25, 0.3) is 0 Å². The van der Waals surface area contributed by atoms with Crippen LogP contribution in [0.1, 0.15) is 45.1 Å². The molecule has 0 N–H and O–H groups in total. The molecule has 0 aliphatic heterocycles. The Labute approximate surface area is 145 Å². The van der Waals surface area contributed by atoms with Gasteiger partial charge < -0.3 is 9.47 Å². The van der Waals surface area contributed by atoms with Gasteiger partial charge in [0.15, 0.2) is 3.61 Å². The first kappa shape index (κ1) is 18.6. The molecular formula is C16H22ClIO3. The van der Waals surface area contributed by atoms with E-state index in [2.05, 4.69) is 22.6 Å². The Morgan fingerprint density at radius 1 is 1.29 bits per heavy atom. The number of rotatable bonds is 8. The number of esters is 1. The average Bonchev–Trinajstić information content (AvgIpc) is 2.33. The van der Waals surface area contributed by atoms with E-state index in [0.29, 0.717) is 23.8 Å². The molecule has 0 saturated heterocycles. The lowest BCUT2D eigenvalue weighted by atomic mass is 10.2. The number of benzene rings is 1. The van der Waals surface area contributed by atoms with E-state index < -0.39 is 3.61 Å². The Bertz CT molecular complexity index is 469. The highest BCUT2D eigenvalue weighted by Crippen LogP contribution is 2.25. The third-order valence-electron chi connectivity index (χ3n) is 2.73. The highest BCUT2D eigenvalue weighted by molar-refractivity contribution is 14.1. The fraction of sp³-hybridized carbons (Fsp3) is 0.562. The maximum absolute atomic E-state index is 11.5. The van der Waals surface area contributed by atoms with Crippen molar-refractivity contribution < 1.29 is 14.3 Å². The molecule has 0 fully saturated rings. The molecule has 0 amide bonds. The van der Waals surface area contributed by atoms with Gasteiger partial charge in [-0.15, -0.1) is 0 Å². The number of hydrogen-bond donors (Lipinski definition) is 0. The number of aryl methyl sites for hydroxylation is 1. The molecule has 5 heteroatoms. The first-order chi connectivity index (χ1) is 9.78. The molecule has 1 rings (SSSR count). The van der Waals surface area contributed by atoms with E-state index in [4.69, 9.17) is 21.1 Å². The normalized spacial score (nSPS) is 11.3. The summed E-state index contributed by atoms with van der Waals surface area (Å²) < 4.78 is 10.4. The SMILES string of the molecule is Cc1ccc(OCCCCCC(=O)OC(C)(C)I)c(Cl)c1. The summed E-state index contributed by atoms with van der Waals surface area (Å²) in [4.78, 5) is 11.5. The number of carbonyl (C=O) groups excluding carboxylic acids is 1. The maximum Gasteiger partial charge on any atom is 0.307 e. The van der Waals surface area contributed by atoms with E-state index in [0.717, 1.165) is 24.8 Å². The van der Waals surface area contributed by atoms with Crippen molar-refractivity contribution in [3.8, 4) is 5.75 Å². The van der Waals surface area contributed by atoms with E-state index in [-0.39, 0.29) is 5.97 Å². The zero-order valence-corrected chi connectivity index (χ0v) is 15.7. The van der Waals surface area contributed by atoms with E-state index >= 15 is 0 Å². The minimum absolute atomic E-state index is 0.142. The van der Waals surface area contributed by atoms with Gasteiger partial charge >= 0.3 is 5.97 Å². The summed E-state index contributed by atoms with van der Waals surface area (Å²) in [6, 6.07) is 5.75. The first-order valence-electron chi connectivity index (χ1n) is 7.07. The van der Waals surface area contributed by atoms with Crippen LogP contribution >= 0.6 is 34.2 Å². The van der Waals surface area contributed by atoms with Gasteiger partial charge in [0.2, 0.25) is 0 Å². The van der Waals surface area contributed by atoms with Gasteiger partial charge in [0.1, 0.15) is 5.75 Å². The Balaban J connectivity index is 2.13. The maximum atomic E-state index is 11.5. The van der Waals surface area contributed by atoms with E-state index in [9.17, 15) is 4.79 Å². The molecule has 0 saturated carbocycles. The van der Waals surface area contributed by atoms with Crippen molar-refractivity contribution in [1.29, 1.82) is 0 Å². The largest absolute Gasteiger partial charge is 0.492 e. The van der Waals surface area contributed by atoms with E-state index in [1.54, 1.807) is 0 Å². The fourth-order valence-corrected chi connectivity index (χ4v) is 2.31. The van der Waals surface area contributed by atoms with Gasteiger partial charge in [-0.2, -0.15) is 0 Å². The lowest BCUT2D eigenvalue weighted by Gasteiger charge is -2.17. The third-order valence-corrected chi connectivity index (χ3v) is 3.24. The molecule has 0 aliphatic rings. The van der Waals surface area contributed by atoms with Crippen LogP contribution in [0.15, 0.2) is 18.2 Å². The number of carbonyl (C=O) groups is 1. The summed E-state index contributed by atoms with van der Waals surface area (Å²) in [5.74, 6) is 0.574. The predicted octanol–water partition coefficient (Wildman–Crippen LogP) is 5.30. The van der Waals surface area contributed by atoms with Crippen LogP contribution in [0.4, 0.5) is 0 Å². The lowest BCUT2D eigenvalue weighted by Crippen LogP contribution is -2.20. The van der Waals surface area contributed by atoms with Gasteiger partial charge in [0.25, 0.3) is 0 Å². The lowest BCUT2D eigenvalue weighted by molar-refractivity contribution is -0.148. The number of hydrogen-bond acceptors (Lipinski definition) is 3. The van der Waals surface area contributed by atoms with Crippen molar-refractivity contribution in [3.05, 3.63) is 28.8 Å². The topological polar surface area (TPSA) is 35.5 Å². The van der Waals surface area contributed by atoms with Gasteiger partial charge in [-0.25, -0.2) is 0 Å². The van der Waals surface area contributed by atoms with Crippen molar-refractivity contribution in [2.24, 2.45) is 0 Å². The summed E-state index contributed by atoms with van der Waals surface area (Å²) in [6.07, 6.45) is 3.10. The van der Waals surface area contributed by atoms with Crippen LogP contribution in [0.5, 0.6) is 5.75 Å². The molecule has 1 aromatic carbocycles. The highest BCUT2D eigenvalue weighted by atomic mass is 127. The second-order valence-corrected chi connectivity index (χ2v) is 8.44. The average molecular weight is 425 g/mol. The van der Waals surface area contributed by atoms with Crippen molar-refractivity contribution in [2.45, 2.75) is 50.1 Å². The second-order valence-electron chi connectivity index (χ2n) is 5.43. The Morgan fingerprint density at radius 3 is 2.62 bits per heavy atom. The summed E-state index contributed by atoms with van der Waals surface area (Å²) >= 11 is 8.19. The van der Waals surface area contributed by atoms with Crippen LogP contribution in [0.2, 0.25) is 5.02 Å². The van der Waals surface area contributed by atoms with Gasteiger partial charge in [-0.05, 0) is 80.3 Å². The first-order valence-corrected chi connectivity index (χ1v) is 8.53. The van der Waals surface area contributed by atoms with Crippen molar-refractivity contribution in [2.75, 3.05) is 6.61 Å². The summed E-state index contributed by atoms with van der Waals surface area (Å²) in [7, 11) is 0. The molecule has 0 radical (unpaired) electrons. The molecule has 0 atom stereocenters. The van der Waals surface area contributed by atoms with Crippen molar-refractivity contribution in [3.63, 3.8) is 0 Å². The van der Waals surface area contributed by atoms with Crippen LogP contribution < -0.4 is 4.74 Å². The Kier molecular flexibility index (Phi) is 7.81. The Hall–Kier alpha value is -0.490. The quantitative estimate of drug-likeness (QED) is 0.246. The molecule has 0 unspecified atom stereocenters. The van der Waals surface area contributed by atoms with E-state index in [1.165, 1.54) is 0 Å². The molecular weight excluding hydrogens is 403 g/mol. The summed E-state index contributed by atoms with van der Waals surface area (Å²) in [5, 5.41) is 0.642. The van der Waals surface area contributed by atoms with Crippen molar-refractivity contribution in [1.82, 2.24) is 0 Å². The zero-order chi connectivity index (χ0) is 15.9. The smallest absolute Gasteiger partial charge is 0.307 e. The summed E-state index contributed by atoms with van der Waals surface area (Å²) in [5.41, 5.74) is 1.11. The molecule has 0 aliphatic carbocycles.